The maximum Gasteiger partial charge on any atom is 0.407 e. The minimum absolute atomic E-state index is 0.0411. The normalized spacial score (nSPS) is 16.5. The monoisotopic (exact) mass is 478 g/mol. The predicted octanol–water partition coefficient (Wildman–Crippen LogP) is 4.65. The maximum atomic E-state index is 13.2. The van der Waals surface area contributed by atoms with Crippen molar-refractivity contribution in [2.24, 2.45) is 11.8 Å². The average molecular weight is 479 g/mol. The Bertz CT molecular complexity index is 1030. The summed E-state index contributed by atoms with van der Waals surface area (Å²) in [6.45, 7) is 5.25. The number of benzene rings is 2. The molecule has 1 aliphatic carbocycles. The number of carboxylic acids is 1. The third-order valence-corrected chi connectivity index (χ3v) is 7.03. The standard InChI is InChI=1S/C28H34N2O5/c1-18(2)15-25(27(33)30-13-11-19(12-14-30)16-26(31)32)29-28(34)35-17-24-22-9-5-3-7-20(22)21-8-4-6-10-23(21)24/h3-10,18-19,24-25H,11-17H2,1-2H3,(H,29,34)(H,31,32)/t25-/m1/s1. The number of alkyl carbamates (subject to hydrolysis) is 1. The van der Waals surface area contributed by atoms with Crippen LogP contribution in [0.25, 0.3) is 11.1 Å². The molecule has 1 fully saturated rings. The van der Waals surface area contributed by atoms with Crippen molar-refractivity contribution in [1.82, 2.24) is 10.2 Å². The number of piperidine rings is 1. The molecule has 1 saturated heterocycles. The van der Waals surface area contributed by atoms with Crippen LogP contribution in [0, 0.1) is 11.8 Å². The number of fused-ring (bicyclic) bond motifs is 3. The van der Waals surface area contributed by atoms with Crippen molar-refractivity contribution >= 4 is 18.0 Å². The molecule has 1 heterocycles. The number of likely N-dealkylation sites (tertiary alicyclic amines) is 1. The summed E-state index contributed by atoms with van der Waals surface area (Å²) in [5.74, 6) is -0.663. The molecule has 186 valence electrons. The summed E-state index contributed by atoms with van der Waals surface area (Å²) in [7, 11) is 0. The number of ether oxygens (including phenoxy) is 1. The predicted molar refractivity (Wildman–Crippen MR) is 133 cm³/mol. The summed E-state index contributed by atoms with van der Waals surface area (Å²) in [5.41, 5.74) is 4.61. The third kappa shape index (κ3) is 5.84. The van der Waals surface area contributed by atoms with E-state index in [2.05, 4.69) is 29.6 Å². The van der Waals surface area contributed by atoms with E-state index in [-0.39, 0.29) is 36.7 Å². The summed E-state index contributed by atoms with van der Waals surface area (Å²) < 4.78 is 5.66. The van der Waals surface area contributed by atoms with Crippen molar-refractivity contribution < 1.29 is 24.2 Å². The minimum Gasteiger partial charge on any atom is -0.481 e. The van der Waals surface area contributed by atoms with Gasteiger partial charge in [0, 0.05) is 25.4 Å². The van der Waals surface area contributed by atoms with Gasteiger partial charge in [0.15, 0.2) is 0 Å². The highest BCUT2D eigenvalue weighted by molar-refractivity contribution is 5.86. The molecule has 1 aliphatic heterocycles. The van der Waals surface area contributed by atoms with Gasteiger partial charge in [-0.1, -0.05) is 62.4 Å². The molecule has 2 aromatic carbocycles. The second-order valence-corrected chi connectivity index (χ2v) is 10.0. The van der Waals surface area contributed by atoms with E-state index < -0.39 is 18.1 Å². The molecule has 7 nitrogen and oxygen atoms in total. The first-order valence-corrected chi connectivity index (χ1v) is 12.5. The van der Waals surface area contributed by atoms with Gasteiger partial charge in [-0.25, -0.2) is 4.79 Å². The highest BCUT2D eigenvalue weighted by Gasteiger charge is 2.32. The van der Waals surface area contributed by atoms with Gasteiger partial charge in [-0.3, -0.25) is 9.59 Å². The summed E-state index contributed by atoms with van der Waals surface area (Å²) in [6.07, 6.45) is 1.38. The topological polar surface area (TPSA) is 95.9 Å². The molecule has 0 saturated carbocycles. The Balaban J connectivity index is 1.37. The van der Waals surface area contributed by atoms with Crippen molar-refractivity contribution in [3.05, 3.63) is 59.7 Å². The number of aliphatic carboxylic acids is 1. The molecule has 2 amide bonds. The van der Waals surface area contributed by atoms with E-state index in [1.807, 2.05) is 38.1 Å². The van der Waals surface area contributed by atoms with Gasteiger partial charge in [-0.05, 0) is 53.4 Å². The Morgan fingerprint density at radius 1 is 1.00 bits per heavy atom. The smallest absolute Gasteiger partial charge is 0.407 e. The third-order valence-electron chi connectivity index (χ3n) is 7.03. The van der Waals surface area contributed by atoms with Gasteiger partial charge in [0.25, 0.3) is 0 Å². The lowest BCUT2D eigenvalue weighted by Crippen LogP contribution is -2.51. The van der Waals surface area contributed by atoms with Crippen LogP contribution >= 0.6 is 0 Å². The van der Waals surface area contributed by atoms with E-state index in [1.165, 1.54) is 0 Å². The molecule has 2 aliphatic rings. The lowest BCUT2D eigenvalue weighted by atomic mass is 9.92. The lowest BCUT2D eigenvalue weighted by Gasteiger charge is -2.34. The van der Waals surface area contributed by atoms with E-state index in [9.17, 15) is 14.4 Å². The Morgan fingerprint density at radius 2 is 1.57 bits per heavy atom. The average Bonchev–Trinajstić information content (AvgIpc) is 3.15. The van der Waals surface area contributed by atoms with Crippen LogP contribution < -0.4 is 5.32 Å². The number of amides is 2. The Kier molecular flexibility index (Phi) is 7.73. The van der Waals surface area contributed by atoms with Gasteiger partial charge < -0.3 is 20.1 Å². The Labute approximate surface area is 206 Å². The number of nitrogens with one attached hydrogen (secondary N) is 1. The van der Waals surface area contributed by atoms with Crippen LogP contribution in [0.1, 0.15) is 56.6 Å². The molecule has 2 N–H and O–H groups in total. The summed E-state index contributed by atoms with van der Waals surface area (Å²) in [4.78, 5) is 38.8. The first kappa shape index (κ1) is 24.8. The van der Waals surface area contributed by atoms with Gasteiger partial charge in [0.05, 0.1) is 0 Å². The highest BCUT2D eigenvalue weighted by atomic mass is 16.5. The number of rotatable bonds is 8. The maximum absolute atomic E-state index is 13.2. The van der Waals surface area contributed by atoms with Gasteiger partial charge in [-0.2, -0.15) is 0 Å². The van der Waals surface area contributed by atoms with E-state index >= 15 is 0 Å². The van der Waals surface area contributed by atoms with Crippen molar-refractivity contribution in [2.45, 2.75) is 51.5 Å². The fourth-order valence-electron chi connectivity index (χ4n) is 5.30. The van der Waals surface area contributed by atoms with Gasteiger partial charge in [-0.15, -0.1) is 0 Å². The van der Waals surface area contributed by atoms with Crippen LogP contribution in [0.15, 0.2) is 48.5 Å². The van der Waals surface area contributed by atoms with E-state index in [4.69, 9.17) is 9.84 Å². The van der Waals surface area contributed by atoms with Crippen LogP contribution in [-0.2, 0) is 14.3 Å². The van der Waals surface area contributed by atoms with Crippen molar-refractivity contribution in [3.8, 4) is 11.1 Å². The van der Waals surface area contributed by atoms with E-state index in [0.29, 0.717) is 32.4 Å². The first-order chi connectivity index (χ1) is 16.8. The summed E-state index contributed by atoms with van der Waals surface area (Å²) >= 11 is 0. The molecule has 0 spiro atoms. The molecule has 35 heavy (non-hydrogen) atoms. The van der Waals surface area contributed by atoms with Crippen LogP contribution in [-0.4, -0.2) is 53.7 Å². The van der Waals surface area contributed by atoms with Gasteiger partial charge >= 0.3 is 12.1 Å². The zero-order valence-electron chi connectivity index (χ0n) is 20.4. The Morgan fingerprint density at radius 3 is 2.11 bits per heavy atom. The molecule has 0 aromatic heterocycles. The quantitative estimate of drug-likeness (QED) is 0.576. The molecule has 2 aromatic rings. The van der Waals surface area contributed by atoms with Crippen molar-refractivity contribution in [2.75, 3.05) is 19.7 Å². The molecule has 0 bridgehead atoms. The number of carbonyl (C=O) groups excluding carboxylic acids is 2. The first-order valence-electron chi connectivity index (χ1n) is 12.5. The second-order valence-electron chi connectivity index (χ2n) is 10.0. The molecule has 4 rings (SSSR count). The number of carboxylic acid groups (broad SMARTS) is 1. The Hall–Kier alpha value is -3.35. The fraction of sp³-hybridized carbons (Fsp3) is 0.464. The van der Waals surface area contributed by atoms with Crippen LogP contribution in [0.5, 0.6) is 0 Å². The van der Waals surface area contributed by atoms with Gasteiger partial charge in [0.2, 0.25) is 5.91 Å². The second kappa shape index (κ2) is 10.9. The minimum atomic E-state index is -0.801. The molecule has 0 radical (unpaired) electrons. The van der Waals surface area contributed by atoms with Crippen LogP contribution in [0.2, 0.25) is 0 Å². The van der Waals surface area contributed by atoms with Crippen LogP contribution in [0.4, 0.5) is 4.79 Å². The highest BCUT2D eigenvalue weighted by Crippen LogP contribution is 2.44. The number of hydrogen-bond donors (Lipinski definition) is 2. The van der Waals surface area contributed by atoms with Gasteiger partial charge in [0.1, 0.15) is 12.6 Å². The zero-order valence-corrected chi connectivity index (χ0v) is 20.4. The zero-order chi connectivity index (χ0) is 24.9. The number of hydrogen-bond acceptors (Lipinski definition) is 4. The SMILES string of the molecule is CC(C)C[C@@H](NC(=O)OCC1c2ccccc2-c2ccccc21)C(=O)N1CCC(CC(=O)O)CC1. The van der Waals surface area contributed by atoms with E-state index in [1.54, 1.807) is 4.90 Å². The molecule has 1 atom stereocenters. The summed E-state index contributed by atoms with van der Waals surface area (Å²) in [6, 6.07) is 15.7. The molecular formula is C28H34N2O5. The molecule has 7 heteroatoms. The number of carbonyl (C=O) groups is 3. The largest absolute Gasteiger partial charge is 0.481 e. The molecule has 0 unspecified atom stereocenters. The van der Waals surface area contributed by atoms with E-state index in [0.717, 1.165) is 22.3 Å². The summed E-state index contributed by atoms with van der Waals surface area (Å²) in [5, 5.41) is 11.8. The molecular weight excluding hydrogens is 444 g/mol. The fourth-order valence-corrected chi connectivity index (χ4v) is 5.30. The van der Waals surface area contributed by atoms with Crippen molar-refractivity contribution in [3.63, 3.8) is 0 Å². The van der Waals surface area contributed by atoms with Crippen LogP contribution in [0.3, 0.4) is 0 Å². The lowest BCUT2D eigenvalue weighted by molar-refractivity contribution is -0.139. The van der Waals surface area contributed by atoms with Crippen molar-refractivity contribution in [1.29, 1.82) is 0 Å². The number of nitrogens with zero attached hydrogens (tertiary/aromatic N) is 1.